The van der Waals surface area contributed by atoms with Gasteiger partial charge >= 0.3 is 0 Å². The molecule has 0 aromatic heterocycles. The molecule has 12 heavy (non-hydrogen) atoms. The van der Waals surface area contributed by atoms with Crippen LogP contribution in [0.1, 0.15) is 13.8 Å². The van der Waals surface area contributed by atoms with Crippen molar-refractivity contribution in [1.29, 1.82) is 0 Å². The van der Waals surface area contributed by atoms with E-state index in [4.69, 9.17) is 0 Å². The van der Waals surface area contributed by atoms with Gasteiger partial charge in [-0.3, -0.25) is 9.52 Å². The first kappa shape index (κ1) is 9.74. The summed E-state index contributed by atoms with van der Waals surface area (Å²) in [7, 11) is 0.552. The van der Waals surface area contributed by atoms with E-state index in [0.29, 0.717) is 9.52 Å². The summed E-state index contributed by atoms with van der Waals surface area (Å²) in [6, 6.07) is 9.27. The molecule has 0 bridgehead atoms. The van der Waals surface area contributed by atoms with Crippen molar-refractivity contribution in [3.8, 4) is 0 Å². The summed E-state index contributed by atoms with van der Waals surface area (Å²) < 4.78 is 0. The van der Waals surface area contributed by atoms with Crippen LogP contribution < -0.4 is 10.4 Å². The Bertz CT molecular complexity index is 226. The second-order valence-electron chi connectivity index (χ2n) is 3.51. The highest BCUT2D eigenvalue weighted by atomic mass is 28.2. The Balaban J connectivity index is 2.65. The fourth-order valence-electron chi connectivity index (χ4n) is 1.25. The van der Waals surface area contributed by atoms with Gasteiger partial charge in [0, 0.05) is 0 Å². The van der Waals surface area contributed by atoms with E-state index in [1.54, 1.807) is 10.4 Å². The molecule has 66 valence electrons. The maximum absolute atomic E-state index is 2.34. The molecule has 2 heteroatoms. The van der Waals surface area contributed by atoms with Crippen LogP contribution >= 0.6 is 0 Å². The molecule has 0 nitrogen and oxygen atoms in total. The number of hydrogen-bond acceptors (Lipinski definition) is 0. The molecule has 1 rings (SSSR count). The van der Waals surface area contributed by atoms with E-state index in [2.05, 4.69) is 44.7 Å². The van der Waals surface area contributed by atoms with E-state index in [-0.39, 0.29) is 9.52 Å². The zero-order valence-corrected chi connectivity index (χ0v) is 10.7. The van der Waals surface area contributed by atoms with Crippen molar-refractivity contribution in [2.24, 2.45) is 0 Å². The van der Waals surface area contributed by atoms with Gasteiger partial charge in [-0.05, 0) is 0 Å². The Labute approximate surface area is 80.0 Å². The lowest BCUT2D eigenvalue weighted by molar-refractivity contribution is 1.07. The molecular formula is C10H17Si2-. The van der Waals surface area contributed by atoms with E-state index in [0.717, 1.165) is 5.54 Å². The molecule has 0 radical (unpaired) electrons. The Kier molecular flexibility index (Phi) is 3.75. The van der Waals surface area contributed by atoms with Crippen molar-refractivity contribution in [2.75, 3.05) is 0 Å². The lowest BCUT2D eigenvalue weighted by atomic mass is 10.4. The number of rotatable bonds is 3. The van der Waals surface area contributed by atoms with Crippen molar-refractivity contribution in [3.05, 3.63) is 24.3 Å². The van der Waals surface area contributed by atoms with Crippen LogP contribution in [0, 0.1) is 0 Å². The van der Waals surface area contributed by atoms with Gasteiger partial charge in [-0.15, -0.1) is 0 Å². The standard InChI is InChI=1S/C10H17Si2/c1-8(2)12-10-6-4-9(11-3)5-7-10/h4-8,12H,11H2,1-3H3/q-1. The van der Waals surface area contributed by atoms with Crippen LogP contribution in [0.15, 0.2) is 24.3 Å². The molecule has 0 fully saturated rings. The first-order chi connectivity index (χ1) is 5.72. The second-order valence-corrected chi connectivity index (χ2v) is 7.36. The molecule has 0 spiro atoms. The predicted molar refractivity (Wildman–Crippen MR) is 62.4 cm³/mol. The predicted octanol–water partition coefficient (Wildman–Crippen LogP) is 0.419. The molecule has 1 aromatic carbocycles. The van der Waals surface area contributed by atoms with Crippen LogP contribution in [0.2, 0.25) is 12.1 Å². The quantitative estimate of drug-likeness (QED) is 0.611. The van der Waals surface area contributed by atoms with Crippen molar-refractivity contribution in [1.82, 2.24) is 0 Å². The minimum atomic E-state index is 0.0575. The lowest BCUT2D eigenvalue weighted by Crippen LogP contribution is -2.20. The van der Waals surface area contributed by atoms with Crippen LogP contribution in [-0.2, 0) is 0 Å². The molecule has 0 atom stereocenters. The van der Waals surface area contributed by atoms with Gasteiger partial charge in [-0.1, -0.05) is 49.8 Å². The van der Waals surface area contributed by atoms with Crippen molar-refractivity contribution >= 4 is 29.4 Å². The molecule has 0 aliphatic rings. The molecule has 0 aliphatic carbocycles. The van der Waals surface area contributed by atoms with E-state index in [1.165, 1.54) is 0 Å². The van der Waals surface area contributed by atoms with Gasteiger partial charge in [-0.25, -0.2) is 5.19 Å². The van der Waals surface area contributed by atoms with Crippen LogP contribution in [0.5, 0.6) is 0 Å². The van der Waals surface area contributed by atoms with E-state index in [1.807, 2.05) is 0 Å². The zero-order chi connectivity index (χ0) is 8.97. The lowest BCUT2D eigenvalue weighted by Gasteiger charge is -2.17. The molecule has 0 amide bonds. The maximum Gasteiger partial charge on any atom is 0.0516 e. The molecule has 0 aliphatic heterocycles. The molecule has 0 unspecified atom stereocenters. The monoisotopic (exact) mass is 193 g/mol. The summed E-state index contributed by atoms with van der Waals surface area (Å²) in [4.78, 5) is 0. The summed E-state index contributed by atoms with van der Waals surface area (Å²) in [5.41, 5.74) is 0.856. The van der Waals surface area contributed by atoms with Gasteiger partial charge in [0.25, 0.3) is 0 Å². The topological polar surface area (TPSA) is 0 Å². The fraction of sp³-hybridized carbons (Fsp3) is 0.400. The van der Waals surface area contributed by atoms with Crippen LogP contribution in [0.3, 0.4) is 0 Å². The average Bonchev–Trinajstić information content (AvgIpc) is 2.05. The van der Waals surface area contributed by atoms with Gasteiger partial charge in [0.15, 0.2) is 0 Å². The highest BCUT2D eigenvalue weighted by Crippen LogP contribution is 1.95. The van der Waals surface area contributed by atoms with E-state index >= 15 is 0 Å². The average molecular weight is 193 g/mol. The van der Waals surface area contributed by atoms with E-state index in [9.17, 15) is 0 Å². The second kappa shape index (κ2) is 4.62. The summed E-state index contributed by atoms with van der Waals surface area (Å²) in [6.45, 7) is 6.94. The Morgan fingerprint density at radius 3 is 2.17 bits per heavy atom. The first-order valence-corrected chi connectivity index (χ1v) is 8.02. The van der Waals surface area contributed by atoms with Gasteiger partial charge in [-0.2, -0.15) is 5.54 Å². The summed E-state index contributed by atoms with van der Waals surface area (Å²) in [6.07, 6.45) is 0. The third kappa shape index (κ3) is 2.95. The highest BCUT2D eigenvalue weighted by molar-refractivity contribution is 6.56. The Hall–Kier alpha value is -0.346. The van der Waals surface area contributed by atoms with Crippen LogP contribution in [0.4, 0.5) is 0 Å². The number of hydrogen-bond donors (Lipinski definition) is 0. The maximum atomic E-state index is 2.34. The van der Waals surface area contributed by atoms with Gasteiger partial charge < -0.3 is 0 Å². The minimum absolute atomic E-state index is 0.0575. The summed E-state index contributed by atoms with van der Waals surface area (Å²) >= 11 is 0. The summed E-state index contributed by atoms with van der Waals surface area (Å²) in [5, 5.41) is 3.15. The largest absolute Gasteiger partial charge is 0.299 e. The number of benzene rings is 1. The zero-order valence-electron chi connectivity index (χ0n) is 8.17. The third-order valence-corrected chi connectivity index (χ3v) is 4.64. The SMILES string of the molecule is C[SiH2]c1ccc([SiH-]C(C)C)cc1. The van der Waals surface area contributed by atoms with Gasteiger partial charge in [0.2, 0.25) is 0 Å². The molecule has 0 saturated carbocycles. The molecule has 0 saturated heterocycles. The molecule has 0 heterocycles. The highest BCUT2D eigenvalue weighted by Gasteiger charge is 1.87. The van der Waals surface area contributed by atoms with Crippen molar-refractivity contribution in [2.45, 2.75) is 25.9 Å². The summed E-state index contributed by atoms with van der Waals surface area (Å²) in [5.74, 6) is 0. The smallest absolute Gasteiger partial charge is 0.0516 e. The minimum Gasteiger partial charge on any atom is -0.299 e. The normalized spacial score (nSPS) is 11.3. The first-order valence-electron chi connectivity index (χ1n) is 4.66. The van der Waals surface area contributed by atoms with Crippen LogP contribution in [0.25, 0.3) is 0 Å². The Morgan fingerprint density at radius 2 is 1.75 bits per heavy atom. The van der Waals surface area contributed by atoms with Crippen molar-refractivity contribution in [3.63, 3.8) is 0 Å². The van der Waals surface area contributed by atoms with Crippen molar-refractivity contribution < 1.29 is 0 Å². The molecule has 0 N–H and O–H groups in total. The third-order valence-electron chi connectivity index (χ3n) is 1.91. The Morgan fingerprint density at radius 1 is 1.17 bits per heavy atom. The van der Waals surface area contributed by atoms with Crippen LogP contribution in [-0.4, -0.2) is 19.0 Å². The van der Waals surface area contributed by atoms with Gasteiger partial charge in [0.05, 0.1) is 9.52 Å². The molecule has 1 aromatic rings. The van der Waals surface area contributed by atoms with Gasteiger partial charge in [0.1, 0.15) is 0 Å². The fourth-order valence-corrected chi connectivity index (χ4v) is 3.14. The van der Waals surface area contributed by atoms with E-state index < -0.39 is 0 Å². The molecular weight excluding hydrogens is 176 g/mol.